The molecule has 0 saturated carbocycles. The van der Waals surface area contributed by atoms with Crippen molar-refractivity contribution in [2.24, 2.45) is 0 Å². The Morgan fingerprint density at radius 1 is 0.460 bits per heavy atom. The van der Waals surface area contributed by atoms with Crippen LogP contribution in [-0.4, -0.2) is 36.1 Å². The van der Waals surface area contributed by atoms with Gasteiger partial charge in [-0.15, -0.1) is 11.1 Å². The van der Waals surface area contributed by atoms with E-state index in [9.17, 15) is 0 Å². The van der Waals surface area contributed by atoms with Crippen molar-refractivity contribution >= 4 is 94.4 Å². The highest BCUT2D eigenvalue weighted by molar-refractivity contribution is 9.11. The van der Waals surface area contributed by atoms with E-state index in [1.807, 2.05) is 0 Å². The minimum atomic E-state index is -2.01. The first kappa shape index (κ1) is 38.3. The summed E-state index contributed by atoms with van der Waals surface area (Å²) in [6.45, 7) is 28.2. The Labute approximate surface area is 318 Å². The highest BCUT2D eigenvalue weighted by Crippen LogP contribution is 2.42. The Balaban J connectivity index is 1.88. The van der Waals surface area contributed by atoms with Gasteiger partial charge in [0, 0.05) is 0 Å². The third-order valence-corrected chi connectivity index (χ3v) is 25.4. The average molecular weight is 829 g/mol. The maximum absolute atomic E-state index is 5.16. The lowest BCUT2D eigenvalue weighted by atomic mass is 10.2. The number of nitrogens with zero attached hydrogens (tertiary/aromatic N) is 2. The summed E-state index contributed by atoms with van der Waals surface area (Å²) in [4.78, 5) is 17.7. The largest absolute Gasteiger partial charge is 0.353 e. The van der Waals surface area contributed by atoms with Crippen LogP contribution in [0, 0.1) is 22.9 Å². The standard InChI is InChI=1S/C42H52Br2N4Si2/c1-25(2)49(26(3)4,27(5)6)23-21-31-33-13-17-37(45-33)41(43)39-19-15-35(47-39)32(22-24-50(28(7)8,29(9)10)30(11)12)36-16-20-40(48-36)42(44)38-18-14-34(31)46-38/h13-20,25-30,45-46H,1-12H3. The van der Waals surface area contributed by atoms with Crippen molar-refractivity contribution in [3.63, 3.8) is 0 Å². The summed E-state index contributed by atoms with van der Waals surface area (Å²) in [7, 11) is -3.99. The molecule has 3 aromatic heterocycles. The van der Waals surface area contributed by atoms with Crippen LogP contribution in [0.15, 0.2) is 33.2 Å². The second-order valence-electron chi connectivity index (χ2n) is 15.7. The third-order valence-electron chi connectivity index (χ3n) is 11.2. The molecule has 0 fully saturated rings. The number of fused-ring (bicyclic) bond motifs is 8. The highest BCUT2D eigenvalue weighted by atomic mass is 79.9. The van der Waals surface area contributed by atoms with E-state index in [4.69, 9.17) is 9.97 Å². The molecule has 4 nitrogen and oxygen atoms in total. The molecule has 0 atom stereocenters. The maximum atomic E-state index is 5.16. The van der Waals surface area contributed by atoms with Gasteiger partial charge in [-0.05, 0) is 114 Å². The molecule has 5 heterocycles. The summed E-state index contributed by atoms with van der Waals surface area (Å²) in [5.41, 5.74) is 20.1. The molecule has 2 aliphatic rings. The van der Waals surface area contributed by atoms with Crippen LogP contribution in [0.4, 0.5) is 0 Å². The van der Waals surface area contributed by atoms with E-state index in [2.05, 4.69) is 196 Å². The number of aromatic amines is 2. The normalized spacial score (nSPS) is 13.2. The summed E-state index contributed by atoms with van der Waals surface area (Å²) in [6, 6.07) is 8.49. The summed E-state index contributed by atoms with van der Waals surface area (Å²) in [6.07, 6.45) is 8.29. The van der Waals surface area contributed by atoms with Gasteiger partial charge in [0.25, 0.3) is 0 Å². The molecular weight excluding hydrogens is 776 g/mol. The van der Waals surface area contributed by atoms with Crippen molar-refractivity contribution in [3.05, 3.63) is 67.1 Å². The highest BCUT2D eigenvalue weighted by Gasteiger charge is 2.42. The molecule has 0 aromatic carbocycles. The SMILES string of the molecule is CC(C)[Si](C#Cc1c2nc(c(Br)c3ccc([nH]3)c(C#C[Si](C(C)C)(C(C)C)C(C)C)c3ccc([nH]3)c(Br)c3nc1C=C3)C=C2)(C(C)C)C(C)C. The second-order valence-corrected chi connectivity index (χ2v) is 28.4. The number of nitrogens with one attached hydrogen (secondary N) is 2. The number of H-pyrrole nitrogens is 2. The summed E-state index contributed by atoms with van der Waals surface area (Å²) in [5, 5.41) is 0. The predicted molar refractivity (Wildman–Crippen MR) is 230 cm³/mol. The van der Waals surface area contributed by atoms with Gasteiger partial charge in [0.1, 0.15) is 16.1 Å². The molecule has 5 rings (SSSR count). The van der Waals surface area contributed by atoms with Crippen LogP contribution in [0.2, 0.25) is 33.2 Å². The molecule has 0 saturated heterocycles. The molecule has 0 radical (unpaired) electrons. The van der Waals surface area contributed by atoms with E-state index in [1.54, 1.807) is 0 Å². The number of hydrogen-bond acceptors (Lipinski definition) is 2. The maximum Gasteiger partial charge on any atom is 0.146 e. The average Bonchev–Trinajstić information content (AvgIpc) is 3.87. The quantitative estimate of drug-likeness (QED) is 0.132. The summed E-state index contributed by atoms with van der Waals surface area (Å²) < 4.78 is 1.79. The van der Waals surface area contributed by atoms with Gasteiger partial charge in [-0.3, -0.25) is 0 Å². The van der Waals surface area contributed by atoms with Crippen LogP contribution in [0.3, 0.4) is 0 Å². The molecule has 8 heteroatoms. The molecule has 262 valence electrons. The first-order valence-electron chi connectivity index (χ1n) is 18.1. The Bertz CT molecular complexity index is 2000. The zero-order valence-electron chi connectivity index (χ0n) is 31.7. The number of aromatic nitrogens is 4. The smallest absolute Gasteiger partial charge is 0.146 e. The number of hydrogen-bond donors (Lipinski definition) is 2. The van der Waals surface area contributed by atoms with Gasteiger partial charge in [-0.25, -0.2) is 9.97 Å². The van der Waals surface area contributed by atoms with Gasteiger partial charge in [-0.1, -0.05) is 94.9 Å². The Kier molecular flexibility index (Phi) is 11.5. The molecule has 8 bridgehead atoms. The van der Waals surface area contributed by atoms with E-state index < -0.39 is 16.1 Å². The molecule has 2 aliphatic heterocycles. The zero-order chi connectivity index (χ0) is 36.7. The second kappa shape index (κ2) is 15.0. The Hall–Kier alpha value is -2.89. The van der Waals surface area contributed by atoms with Gasteiger partial charge in [0.2, 0.25) is 0 Å². The molecule has 0 aliphatic carbocycles. The Morgan fingerprint density at radius 2 is 0.760 bits per heavy atom. The molecule has 0 unspecified atom stereocenters. The number of halogens is 2. The van der Waals surface area contributed by atoms with Gasteiger partial charge < -0.3 is 9.97 Å². The van der Waals surface area contributed by atoms with Crippen LogP contribution >= 0.6 is 31.9 Å². The lowest BCUT2D eigenvalue weighted by Gasteiger charge is -2.38. The molecule has 2 N–H and O–H groups in total. The zero-order valence-corrected chi connectivity index (χ0v) is 36.9. The fourth-order valence-corrected chi connectivity index (χ4v) is 19.9. The molecule has 50 heavy (non-hydrogen) atoms. The van der Waals surface area contributed by atoms with E-state index in [0.717, 1.165) is 64.9 Å². The molecule has 0 amide bonds. The van der Waals surface area contributed by atoms with Crippen LogP contribution < -0.4 is 0 Å². The molecule has 0 spiro atoms. The topological polar surface area (TPSA) is 57.4 Å². The number of rotatable bonds is 6. The van der Waals surface area contributed by atoms with Crippen molar-refractivity contribution in [2.45, 2.75) is 116 Å². The minimum Gasteiger partial charge on any atom is -0.353 e. The van der Waals surface area contributed by atoms with Crippen molar-refractivity contribution < 1.29 is 0 Å². The monoisotopic (exact) mass is 826 g/mol. The van der Waals surface area contributed by atoms with E-state index >= 15 is 0 Å². The molecule has 3 aromatic rings. The summed E-state index contributed by atoms with van der Waals surface area (Å²) >= 11 is 7.83. The Morgan fingerprint density at radius 3 is 1.10 bits per heavy atom. The fraction of sp³-hybridized carbons (Fsp3) is 0.429. The third kappa shape index (κ3) is 6.86. The van der Waals surface area contributed by atoms with Crippen molar-refractivity contribution in [1.29, 1.82) is 0 Å². The fourth-order valence-electron chi connectivity index (χ4n) is 8.61. The molecular formula is C42H52Br2N4Si2. The lowest BCUT2D eigenvalue weighted by Crippen LogP contribution is -2.43. The van der Waals surface area contributed by atoms with Crippen molar-refractivity contribution in [2.75, 3.05) is 0 Å². The van der Waals surface area contributed by atoms with E-state index in [0.29, 0.717) is 33.2 Å². The van der Waals surface area contributed by atoms with Gasteiger partial charge in [0.15, 0.2) is 0 Å². The first-order chi connectivity index (χ1) is 23.5. The van der Waals surface area contributed by atoms with Gasteiger partial charge >= 0.3 is 0 Å². The summed E-state index contributed by atoms with van der Waals surface area (Å²) in [5.74, 6) is 7.46. The van der Waals surface area contributed by atoms with Crippen LogP contribution in [0.1, 0.15) is 117 Å². The van der Waals surface area contributed by atoms with E-state index in [-0.39, 0.29) is 0 Å². The minimum absolute atomic E-state index is 0.522. The van der Waals surface area contributed by atoms with Crippen LogP contribution in [0.5, 0.6) is 0 Å². The van der Waals surface area contributed by atoms with Gasteiger partial charge in [-0.2, -0.15) is 0 Å². The van der Waals surface area contributed by atoms with Gasteiger partial charge in [0.05, 0.1) is 64.9 Å². The lowest BCUT2D eigenvalue weighted by molar-refractivity contribution is 0.838. The van der Waals surface area contributed by atoms with Crippen molar-refractivity contribution in [3.8, 4) is 22.9 Å². The van der Waals surface area contributed by atoms with Crippen LogP contribution in [0.25, 0.3) is 46.4 Å². The van der Waals surface area contributed by atoms with E-state index in [1.165, 1.54) is 0 Å². The van der Waals surface area contributed by atoms with Crippen LogP contribution in [-0.2, 0) is 0 Å². The van der Waals surface area contributed by atoms with Crippen molar-refractivity contribution in [1.82, 2.24) is 19.9 Å². The first-order valence-corrected chi connectivity index (χ1v) is 24.1. The predicted octanol–water partition coefficient (Wildman–Crippen LogP) is 13.3.